The van der Waals surface area contributed by atoms with E-state index in [1.165, 1.54) is 0 Å². The Hall–Kier alpha value is -1.40. The fourth-order valence-corrected chi connectivity index (χ4v) is 2.37. The van der Waals surface area contributed by atoms with Crippen LogP contribution < -0.4 is 10.6 Å². The number of nitrogens with zero attached hydrogens (tertiary/aromatic N) is 2. The standard InChI is InChI=1S/C14H15BrClFN4/c1-3-4-18-14-19-7-11(17)13(21-14)20-12-6-10(16)8(2)5-9(12)15/h5-7H,3-4H2,1-2H3,(H2,18,19,20,21). The average molecular weight is 374 g/mol. The zero-order valence-corrected chi connectivity index (χ0v) is 14.0. The molecule has 0 aliphatic rings. The summed E-state index contributed by atoms with van der Waals surface area (Å²) < 4.78 is 14.6. The molecule has 0 saturated heterocycles. The predicted octanol–water partition coefficient (Wildman–Crippen LogP) is 4.91. The molecule has 0 saturated carbocycles. The Morgan fingerprint density at radius 1 is 1.38 bits per heavy atom. The lowest BCUT2D eigenvalue weighted by Gasteiger charge is -2.11. The second-order valence-electron chi connectivity index (χ2n) is 4.52. The summed E-state index contributed by atoms with van der Waals surface area (Å²) in [5.74, 6) is -0.0417. The monoisotopic (exact) mass is 372 g/mol. The number of aromatic nitrogens is 2. The summed E-state index contributed by atoms with van der Waals surface area (Å²) in [5.41, 5.74) is 1.58. The summed E-state index contributed by atoms with van der Waals surface area (Å²) in [6, 6.07) is 3.58. The van der Waals surface area contributed by atoms with Gasteiger partial charge in [-0.25, -0.2) is 9.37 Å². The summed E-state index contributed by atoms with van der Waals surface area (Å²) in [6.07, 6.45) is 2.07. The van der Waals surface area contributed by atoms with E-state index in [0.29, 0.717) is 16.7 Å². The highest BCUT2D eigenvalue weighted by atomic mass is 79.9. The van der Waals surface area contributed by atoms with Gasteiger partial charge < -0.3 is 10.6 Å². The largest absolute Gasteiger partial charge is 0.354 e. The number of halogens is 3. The number of hydrogen-bond acceptors (Lipinski definition) is 4. The molecule has 0 atom stereocenters. The summed E-state index contributed by atoms with van der Waals surface area (Å²) in [5, 5.41) is 6.54. The maximum atomic E-state index is 13.8. The van der Waals surface area contributed by atoms with Crippen molar-refractivity contribution in [3.05, 3.63) is 39.2 Å². The fraction of sp³-hybridized carbons (Fsp3) is 0.286. The first-order valence-corrected chi connectivity index (χ1v) is 7.67. The second-order valence-corrected chi connectivity index (χ2v) is 5.78. The lowest BCUT2D eigenvalue weighted by atomic mass is 10.2. The summed E-state index contributed by atoms with van der Waals surface area (Å²) in [6.45, 7) is 4.65. The van der Waals surface area contributed by atoms with Crippen LogP contribution >= 0.6 is 27.5 Å². The lowest BCUT2D eigenvalue weighted by Crippen LogP contribution is -2.07. The van der Waals surface area contributed by atoms with Gasteiger partial charge in [-0.15, -0.1) is 0 Å². The van der Waals surface area contributed by atoms with E-state index in [1.807, 2.05) is 19.9 Å². The van der Waals surface area contributed by atoms with Crippen LogP contribution in [0.25, 0.3) is 0 Å². The first-order valence-electron chi connectivity index (χ1n) is 6.50. The van der Waals surface area contributed by atoms with Gasteiger partial charge in [0.1, 0.15) is 0 Å². The molecule has 7 heteroatoms. The molecule has 0 amide bonds. The Morgan fingerprint density at radius 2 is 2.14 bits per heavy atom. The van der Waals surface area contributed by atoms with Gasteiger partial charge >= 0.3 is 0 Å². The van der Waals surface area contributed by atoms with Crippen molar-refractivity contribution in [1.29, 1.82) is 0 Å². The average Bonchev–Trinajstić information content (AvgIpc) is 2.45. The first kappa shape index (κ1) is 16.0. The van der Waals surface area contributed by atoms with Crippen LogP contribution in [-0.4, -0.2) is 16.5 Å². The molecule has 1 aromatic heterocycles. The van der Waals surface area contributed by atoms with Crippen molar-refractivity contribution in [3.8, 4) is 0 Å². The van der Waals surface area contributed by atoms with E-state index in [4.69, 9.17) is 11.6 Å². The Labute approximate surface area is 136 Å². The maximum Gasteiger partial charge on any atom is 0.224 e. The van der Waals surface area contributed by atoms with E-state index in [1.54, 1.807) is 6.07 Å². The molecule has 0 aliphatic carbocycles. The van der Waals surface area contributed by atoms with Crippen LogP contribution in [-0.2, 0) is 0 Å². The fourth-order valence-electron chi connectivity index (χ4n) is 1.65. The van der Waals surface area contributed by atoms with Gasteiger partial charge in [0.25, 0.3) is 0 Å². The third-order valence-electron chi connectivity index (χ3n) is 2.78. The molecule has 112 valence electrons. The molecular weight excluding hydrogens is 359 g/mol. The van der Waals surface area contributed by atoms with Crippen molar-refractivity contribution in [1.82, 2.24) is 9.97 Å². The molecule has 2 aromatic rings. The van der Waals surface area contributed by atoms with E-state index in [0.717, 1.165) is 29.2 Å². The van der Waals surface area contributed by atoms with Gasteiger partial charge in [0.15, 0.2) is 11.6 Å². The van der Waals surface area contributed by atoms with Gasteiger partial charge in [-0.1, -0.05) is 18.5 Å². The minimum Gasteiger partial charge on any atom is -0.354 e. The first-order chi connectivity index (χ1) is 10.0. The van der Waals surface area contributed by atoms with Crippen LogP contribution in [0.1, 0.15) is 18.9 Å². The molecule has 2 N–H and O–H groups in total. The summed E-state index contributed by atoms with van der Waals surface area (Å²) in [4.78, 5) is 8.02. The van der Waals surface area contributed by atoms with E-state index >= 15 is 0 Å². The third kappa shape index (κ3) is 4.04. The van der Waals surface area contributed by atoms with Gasteiger partial charge in [-0.3, -0.25) is 0 Å². The van der Waals surface area contributed by atoms with E-state index in [2.05, 4.69) is 36.5 Å². The molecule has 4 nitrogen and oxygen atoms in total. The Morgan fingerprint density at radius 3 is 2.86 bits per heavy atom. The van der Waals surface area contributed by atoms with Crippen LogP contribution in [0.3, 0.4) is 0 Å². The Bertz CT molecular complexity index is 651. The van der Waals surface area contributed by atoms with Crippen molar-refractivity contribution < 1.29 is 4.39 Å². The molecule has 0 bridgehead atoms. The SMILES string of the molecule is CCCNc1ncc(F)c(Nc2cc(Cl)c(C)cc2Br)n1. The van der Waals surface area contributed by atoms with E-state index in [-0.39, 0.29) is 5.82 Å². The third-order valence-corrected chi connectivity index (χ3v) is 3.84. The van der Waals surface area contributed by atoms with Crippen molar-refractivity contribution in [2.75, 3.05) is 17.2 Å². The van der Waals surface area contributed by atoms with E-state index < -0.39 is 5.82 Å². The highest BCUT2D eigenvalue weighted by molar-refractivity contribution is 9.10. The highest BCUT2D eigenvalue weighted by Crippen LogP contribution is 2.31. The molecule has 1 aromatic carbocycles. The zero-order chi connectivity index (χ0) is 15.4. The van der Waals surface area contributed by atoms with Gasteiger partial charge in [-0.2, -0.15) is 4.98 Å². The molecule has 0 unspecified atom stereocenters. The van der Waals surface area contributed by atoms with Crippen LogP contribution in [0.4, 0.5) is 21.8 Å². The van der Waals surface area contributed by atoms with Gasteiger partial charge in [0, 0.05) is 16.0 Å². The minimum atomic E-state index is -0.527. The maximum absolute atomic E-state index is 13.8. The molecular formula is C14H15BrClFN4. The Balaban J connectivity index is 2.28. The predicted molar refractivity (Wildman–Crippen MR) is 87.9 cm³/mol. The van der Waals surface area contributed by atoms with E-state index in [9.17, 15) is 4.39 Å². The molecule has 1 heterocycles. The highest BCUT2D eigenvalue weighted by Gasteiger charge is 2.10. The van der Waals surface area contributed by atoms with Crippen LogP contribution in [0.15, 0.2) is 22.8 Å². The second kappa shape index (κ2) is 7.04. The van der Waals surface area contributed by atoms with Gasteiger partial charge in [0.2, 0.25) is 5.95 Å². The number of rotatable bonds is 5. The van der Waals surface area contributed by atoms with Crippen LogP contribution in [0, 0.1) is 12.7 Å². The summed E-state index contributed by atoms with van der Waals surface area (Å²) in [7, 11) is 0. The quantitative estimate of drug-likeness (QED) is 0.782. The van der Waals surface area contributed by atoms with Crippen molar-refractivity contribution in [3.63, 3.8) is 0 Å². The summed E-state index contributed by atoms with van der Waals surface area (Å²) >= 11 is 9.51. The number of hydrogen-bond donors (Lipinski definition) is 2. The normalized spacial score (nSPS) is 10.5. The van der Waals surface area contributed by atoms with Gasteiger partial charge in [-0.05, 0) is 47.0 Å². The molecule has 0 aliphatic heterocycles. The van der Waals surface area contributed by atoms with Crippen molar-refractivity contribution in [2.24, 2.45) is 0 Å². The molecule has 21 heavy (non-hydrogen) atoms. The lowest BCUT2D eigenvalue weighted by molar-refractivity contribution is 0.619. The zero-order valence-electron chi connectivity index (χ0n) is 11.7. The van der Waals surface area contributed by atoms with Crippen molar-refractivity contribution >= 4 is 45.0 Å². The van der Waals surface area contributed by atoms with Crippen LogP contribution in [0.5, 0.6) is 0 Å². The number of nitrogens with one attached hydrogen (secondary N) is 2. The van der Waals surface area contributed by atoms with Gasteiger partial charge in [0.05, 0.1) is 11.9 Å². The molecule has 2 rings (SSSR count). The number of benzene rings is 1. The number of anilines is 3. The van der Waals surface area contributed by atoms with Crippen LogP contribution in [0.2, 0.25) is 5.02 Å². The molecule has 0 radical (unpaired) electrons. The Kier molecular flexibility index (Phi) is 5.36. The molecule has 0 fully saturated rings. The van der Waals surface area contributed by atoms with Crippen molar-refractivity contribution in [2.45, 2.75) is 20.3 Å². The topological polar surface area (TPSA) is 49.8 Å². The smallest absolute Gasteiger partial charge is 0.224 e. The molecule has 0 spiro atoms. The minimum absolute atomic E-state index is 0.101. The number of aryl methyl sites for hydroxylation is 1.